The first-order chi connectivity index (χ1) is 17.7. The second-order valence-corrected chi connectivity index (χ2v) is 8.94. The summed E-state index contributed by atoms with van der Waals surface area (Å²) in [7, 11) is 0. The normalized spacial score (nSPS) is 14.6. The summed E-state index contributed by atoms with van der Waals surface area (Å²) >= 11 is 1.27. The molecule has 2 amide bonds. The lowest BCUT2D eigenvalue weighted by atomic mass is 10.2. The van der Waals surface area contributed by atoms with Crippen LogP contribution in [0, 0.1) is 0 Å². The number of nitrogens with one attached hydrogen (secondary N) is 1. The number of hydrazone groups is 1. The van der Waals surface area contributed by atoms with Crippen molar-refractivity contribution in [2.45, 2.75) is 0 Å². The van der Waals surface area contributed by atoms with Crippen LogP contribution in [0.15, 0.2) is 107 Å². The second kappa shape index (κ2) is 9.20. The zero-order valence-corrected chi connectivity index (χ0v) is 19.7. The van der Waals surface area contributed by atoms with Crippen molar-refractivity contribution < 1.29 is 14.0 Å². The molecular weight excluding hydrogens is 474 g/mol. The van der Waals surface area contributed by atoms with Gasteiger partial charge in [0.15, 0.2) is 10.9 Å². The van der Waals surface area contributed by atoms with Crippen molar-refractivity contribution in [3.05, 3.63) is 103 Å². The first-order valence-corrected chi connectivity index (χ1v) is 12.2. The van der Waals surface area contributed by atoms with E-state index in [9.17, 15) is 9.59 Å². The molecule has 0 radical (unpaired) electrons. The molecule has 0 aliphatic carbocycles. The van der Waals surface area contributed by atoms with E-state index in [1.165, 1.54) is 16.7 Å². The predicted molar refractivity (Wildman–Crippen MR) is 140 cm³/mol. The van der Waals surface area contributed by atoms with Crippen LogP contribution in [0.5, 0.6) is 0 Å². The van der Waals surface area contributed by atoms with Crippen LogP contribution in [0.2, 0.25) is 0 Å². The van der Waals surface area contributed by atoms with E-state index >= 15 is 0 Å². The first kappa shape index (κ1) is 21.9. The number of aromatic nitrogens is 2. The number of carbonyl (C=O) groups excluding carboxylic acids is 2. The maximum absolute atomic E-state index is 13.3. The maximum atomic E-state index is 13.3. The zero-order valence-electron chi connectivity index (χ0n) is 18.9. The molecule has 1 aliphatic heterocycles. The van der Waals surface area contributed by atoms with E-state index in [1.807, 2.05) is 91.0 Å². The first-order valence-electron chi connectivity index (χ1n) is 11.2. The Kier molecular flexibility index (Phi) is 5.59. The van der Waals surface area contributed by atoms with E-state index in [0.717, 1.165) is 11.0 Å². The predicted octanol–water partition coefficient (Wildman–Crippen LogP) is 5.07. The molecular formula is C27H19N5O3S. The number of fused-ring (bicyclic) bond motifs is 1. The maximum Gasteiger partial charge on any atom is 0.290 e. The SMILES string of the molecule is O=C(N/N=C1\SCC(=O)N1c1ccccc1)c1cc(-c2cc3ccccc3o2)nn1-c1ccccc1. The Morgan fingerprint density at radius 1 is 0.917 bits per heavy atom. The molecule has 0 atom stereocenters. The van der Waals surface area contributed by atoms with E-state index in [-0.39, 0.29) is 17.4 Å². The highest BCUT2D eigenvalue weighted by Gasteiger charge is 2.30. The molecule has 0 spiro atoms. The summed E-state index contributed by atoms with van der Waals surface area (Å²) < 4.78 is 7.53. The fourth-order valence-corrected chi connectivity index (χ4v) is 4.80. The van der Waals surface area contributed by atoms with E-state index in [0.29, 0.717) is 28.0 Å². The number of amides is 2. The molecule has 5 aromatic rings. The van der Waals surface area contributed by atoms with Gasteiger partial charge in [0.25, 0.3) is 5.91 Å². The molecule has 3 heterocycles. The molecule has 176 valence electrons. The summed E-state index contributed by atoms with van der Waals surface area (Å²) in [6.45, 7) is 0. The van der Waals surface area contributed by atoms with Crippen molar-refractivity contribution in [2.75, 3.05) is 10.7 Å². The van der Waals surface area contributed by atoms with Gasteiger partial charge in [-0.2, -0.15) is 5.10 Å². The van der Waals surface area contributed by atoms with Gasteiger partial charge >= 0.3 is 0 Å². The summed E-state index contributed by atoms with van der Waals surface area (Å²) in [4.78, 5) is 27.3. The fraction of sp³-hybridized carbons (Fsp3) is 0.0370. The number of hydrogen-bond donors (Lipinski definition) is 1. The Labute approximate surface area is 210 Å². The zero-order chi connectivity index (χ0) is 24.5. The number of hydrogen-bond acceptors (Lipinski definition) is 6. The van der Waals surface area contributed by atoms with Gasteiger partial charge < -0.3 is 4.42 Å². The second-order valence-electron chi connectivity index (χ2n) is 8.00. The number of para-hydroxylation sites is 3. The quantitative estimate of drug-likeness (QED) is 0.345. The Balaban J connectivity index is 1.35. The van der Waals surface area contributed by atoms with Gasteiger partial charge in [0.1, 0.15) is 17.0 Å². The molecule has 1 fully saturated rings. The smallest absolute Gasteiger partial charge is 0.290 e. The average Bonchev–Trinajstić information content (AvgIpc) is 3.64. The van der Waals surface area contributed by atoms with Crippen LogP contribution in [0.1, 0.15) is 10.5 Å². The van der Waals surface area contributed by atoms with Gasteiger partial charge in [0.2, 0.25) is 5.91 Å². The third kappa shape index (κ3) is 4.05. The molecule has 1 N–H and O–H groups in total. The molecule has 6 rings (SSSR count). The van der Waals surface area contributed by atoms with Gasteiger partial charge in [-0.25, -0.2) is 10.1 Å². The van der Waals surface area contributed by atoms with Crippen LogP contribution in [-0.4, -0.2) is 32.5 Å². The molecule has 8 nitrogen and oxygen atoms in total. The van der Waals surface area contributed by atoms with Crippen molar-refractivity contribution in [3.63, 3.8) is 0 Å². The van der Waals surface area contributed by atoms with Crippen LogP contribution in [-0.2, 0) is 4.79 Å². The minimum atomic E-state index is -0.464. The van der Waals surface area contributed by atoms with Gasteiger partial charge in [0, 0.05) is 11.5 Å². The van der Waals surface area contributed by atoms with Crippen LogP contribution in [0.3, 0.4) is 0 Å². The number of benzene rings is 3. The Morgan fingerprint density at radius 3 is 2.36 bits per heavy atom. The molecule has 36 heavy (non-hydrogen) atoms. The van der Waals surface area contributed by atoms with Crippen molar-refractivity contribution in [1.29, 1.82) is 0 Å². The number of furan rings is 1. The number of amidine groups is 1. The minimum Gasteiger partial charge on any atom is -0.454 e. The van der Waals surface area contributed by atoms with E-state index in [1.54, 1.807) is 10.7 Å². The largest absolute Gasteiger partial charge is 0.454 e. The summed E-state index contributed by atoms with van der Waals surface area (Å²) in [5.74, 6) is 0.246. The molecule has 1 saturated heterocycles. The highest BCUT2D eigenvalue weighted by Crippen LogP contribution is 2.29. The average molecular weight is 494 g/mol. The van der Waals surface area contributed by atoms with Gasteiger partial charge in [-0.1, -0.05) is 66.4 Å². The molecule has 9 heteroatoms. The van der Waals surface area contributed by atoms with Crippen molar-refractivity contribution in [1.82, 2.24) is 15.2 Å². The molecule has 0 saturated carbocycles. The van der Waals surface area contributed by atoms with E-state index < -0.39 is 5.91 Å². The lowest BCUT2D eigenvalue weighted by molar-refractivity contribution is -0.115. The number of carbonyl (C=O) groups is 2. The number of rotatable bonds is 5. The van der Waals surface area contributed by atoms with Gasteiger partial charge in [0.05, 0.1) is 17.1 Å². The lowest BCUT2D eigenvalue weighted by Gasteiger charge is -2.15. The Bertz CT molecular complexity index is 1580. The molecule has 0 unspecified atom stereocenters. The molecule has 2 aromatic heterocycles. The third-order valence-corrected chi connectivity index (χ3v) is 6.58. The number of thioether (sulfide) groups is 1. The number of anilines is 1. The third-order valence-electron chi connectivity index (χ3n) is 5.65. The van der Waals surface area contributed by atoms with Gasteiger partial charge in [-0.05, 0) is 36.4 Å². The van der Waals surface area contributed by atoms with Crippen LogP contribution in [0.4, 0.5) is 5.69 Å². The summed E-state index contributed by atoms with van der Waals surface area (Å²) in [5.41, 5.74) is 5.55. The van der Waals surface area contributed by atoms with Crippen LogP contribution >= 0.6 is 11.8 Å². The minimum absolute atomic E-state index is 0.0966. The molecule has 1 aliphatic rings. The van der Waals surface area contributed by atoms with Crippen molar-refractivity contribution >= 4 is 45.4 Å². The van der Waals surface area contributed by atoms with Crippen molar-refractivity contribution in [2.24, 2.45) is 5.10 Å². The topological polar surface area (TPSA) is 92.7 Å². The summed E-state index contributed by atoms with van der Waals surface area (Å²) in [6.07, 6.45) is 0. The summed E-state index contributed by atoms with van der Waals surface area (Å²) in [6, 6.07) is 29.8. The monoisotopic (exact) mass is 493 g/mol. The van der Waals surface area contributed by atoms with Gasteiger partial charge in [-0.15, -0.1) is 5.10 Å². The van der Waals surface area contributed by atoms with Crippen LogP contribution in [0.25, 0.3) is 28.1 Å². The standard InChI is InChI=1S/C27H19N5O3S/c33-25-17-36-27(31(25)19-10-3-1-4-11-19)29-28-26(34)22-16-21(30-32(22)20-12-5-2-6-13-20)24-15-18-9-7-8-14-23(18)35-24/h1-16H,17H2,(H,28,34)/b29-27-. The number of nitrogens with zero attached hydrogens (tertiary/aromatic N) is 4. The fourth-order valence-electron chi connectivity index (χ4n) is 3.97. The van der Waals surface area contributed by atoms with Gasteiger partial charge in [-0.3, -0.25) is 14.5 Å². The Morgan fingerprint density at radius 2 is 1.61 bits per heavy atom. The lowest BCUT2D eigenvalue weighted by Crippen LogP contribution is -2.31. The molecule has 0 bridgehead atoms. The highest BCUT2D eigenvalue weighted by molar-refractivity contribution is 8.15. The Hall–Kier alpha value is -4.63. The highest BCUT2D eigenvalue weighted by atomic mass is 32.2. The van der Waals surface area contributed by atoms with Crippen molar-refractivity contribution in [3.8, 4) is 17.1 Å². The van der Waals surface area contributed by atoms with E-state index in [2.05, 4.69) is 15.6 Å². The summed E-state index contributed by atoms with van der Waals surface area (Å²) in [5, 5.41) is 10.3. The molecule has 3 aromatic carbocycles. The van der Waals surface area contributed by atoms with Crippen LogP contribution < -0.4 is 10.3 Å². The van der Waals surface area contributed by atoms with E-state index in [4.69, 9.17) is 4.42 Å².